The first-order valence-electron chi connectivity index (χ1n) is 7.70. The fourth-order valence-electron chi connectivity index (χ4n) is 3.50. The second kappa shape index (κ2) is 6.10. The van der Waals surface area contributed by atoms with Crippen LogP contribution in [0.5, 0.6) is 0 Å². The molecule has 0 aromatic heterocycles. The molecule has 2 atom stereocenters. The second-order valence-electron chi connectivity index (χ2n) is 6.07. The lowest BCUT2D eigenvalue weighted by Crippen LogP contribution is -2.55. The van der Waals surface area contributed by atoms with Crippen LogP contribution in [0.4, 0.5) is 10.1 Å². The summed E-state index contributed by atoms with van der Waals surface area (Å²) in [7, 11) is 0. The molecule has 4 heteroatoms. The molecule has 1 N–H and O–H groups in total. The smallest absolute Gasteiger partial charge is 0.125 e. The van der Waals surface area contributed by atoms with Crippen molar-refractivity contribution >= 4 is 5.69 Å². The first kappa shape index (κ1) is 13.8. The van der Waals surface area contributed by atoms with Crippen LogP contribution in [0.15, 0.2) is 24.3 Å². The zero-order chi connectivity index (χ0) is 13.9. The molecule has 2 saturated heterocycles. The molecule has 2 heterocycles. The maximum Gasteiger partial charge on any atom is 0.125 e. The van der Waals surface area contributed by atoms with E-state index < -0.39 is 0 Å². The lowest BCUT2D eigenvalue weighted by Gasteiger charge is -2.42. The van der Waals surface area contributed by atoms with Gasteiger partial charge in [0.25, 0.3) is 0 Å². The minimum Gasteiger partial charge on any atom is -0.384 e. The standard InChI is InChI=1S/C16H24FN3/c1-13-11-20-8-3-6-16(20)12-19(13)9-7-18-15-5-2-4-14(17)10-15/h2,4-5,10,13,16,18H,3,6-9,11-12H2,1H3. The van der Waals surface area contributed by atoms with Gasteiger partial charge in [-0.3, -0.25) is 9.80 Å². The van der Waals surface area contributed by atoms with Gasteiger partial charge in [-0.25, -0.2) is 4.39 Å². The van der Waals surface area contributed by atoms with E-state index in [-0.39, 0.29) is 5.82 Å². The highest BCUT2D eigenvalue weighted by atomic mass is 19.1. The summed E-state index contributed by atoms with van der Waals surface area (Å²) < 4.78 is 13.1. The highest BCUT2D eigenvalue weighted by Gasteiger charge is 2.33. The van der Waals surface area contributed by atoms with Crippen LogP contribution in [0.25, 0.3) is 0 Å². The monoisotopic (exact) mass is 277 g/mol. The molecule has 3 nitrogen and oxygen atoms in total. The number of anilines is 1. The first-order valence-corrected chi connectivity index (χ1v) is 7.70. The van der Waals surface area contributed by atoms with Crippen molar-refractivity contribution in [2.45, 2.75) is 31.8 Å². The number of hydrogen-bond donors (Lipinski definition) is 1. The molecule has 2 unspecified atom stereocenters. The Kier molecular flexibility index (Phi) is 4.22. The lowest BCUT2D eigenvalue weighted by molar-refractivity contribution is 0.0627. The van der Waals surface area contributed by atoms with Crippen LogP contribution < -0.4 is 5.32 Å². The molecule has 0 radical (unpaired) electrons. The van der Waals surface area contributed by atoms with E-state index in [4.69, 9.17) is 0 Å². The summed E-state index contributed by atoms with van der Waals surface area (Å²) in [5, 5.41) is 3.32. The van der Waals surface area contributed by atoms with Crippen LogP contribution in [-0.4, -0.2) is 54.6 Å². The Morgan fingerprint density at radius 3 is 3.10 bits per heavy atom. The first-order chi connectivity index (χ1) is 9.72. The van der Waals surface area contributed by atoms with Gasteiger partial charge in [0.05, 0.1) is 0 Å². The Balaban J connectivity index is 1.48. The van der Waals surface area contributed by atoms with Crippen molar-refractivity contribution in [2.75, 3.05) is 38.0 Å². The van der Waals surface area contributed by atoms with Gasteiger partial charge in [0.2, 0.25) is 0 Å². The highest BCUT2D eigenvalue weighted by Crippen LogP contribution is 2.24. The van der Waals surface area contributed by atoms with Gasteiger partial charge in [-0.1, -0.05) is 6.07 Å². The van der Waals surface area contributed by atoms with Gasteiger partial charge in [0.15, 0.2) is 0 Å². The number of hydrogen-bond acceptors (Lipinski definition) is 3. The molecule has 2 aliphatic heterocycles. The van der Waals surface area contributed by atoms with E-state index in [1.807, 2.05) is 6.07 Å². The van der Waals surface area contributed by atoms with Gasteiger partial charge >= 0.3 is 0 Å². The summed E-state index contributed by atoms with van der Waals surface area (Å²) in [6, 6.07) is 8.09. The maximum atomic E-state index is 13.1. The SMILES string of the molecule is CC1CN2CCCC2CN1CCNc1cccc(F)c1. The Labute approximate surface area is 120 Å². The quantitative estimate of drug-likeness (QED) is 0.912. The summed E-state index contributed by atoms with van der Waals surface area (Å²) in [6.07, 6.45) is 2.70. The second-order valence-corrected chi connectivity index (χ2v) is 6.07. The van der Waals surface area contributed by atoms with Crippen LogP contribution in [0.1, 0.15) is 19.8 Å². The molecule has 2 fully saturated rings. The van der Waals surface area contributed by atoms with Crippen LogP contribution >= 0.6 is 0 Å². The van der Waals surface area contributed by atoms with E-state index in [9.17, 15) is 4.39 Å². The van der Waals surface area contributed by atoms with Crippen molar-refractivity contribution in [3.05, 3.63) is 30.1 Å². The average molecular weight is 277 g/mol. The molecule has 1 aromatic rings. The van der Waals surface area contributed by atoms with Crippen LogP contribution in [0.3, 0.4) is 0 Å². The van der Waals surface area contributed by atoms with Gasteiger partial charge in [0, 0.05) is 44.0 Å². The van der Waals surface area contributed by atoms with Crippen molar-refractivity contribution in [1.82, 2.24) is 9.80 Å². The van der Waals surface area contributed by atoms with Crippen LogP contribution in [0, 0.1) is 5.82 Å². The molecular weight excluding hydrogens is 253 g/mol. The molecule has 0 saturated carbocycles. The summed E-state index contributed by atoms with van der Waals surface area (Å²) in [5.41, 5.74) is 0.872. The van der Waals surface area contributed by atoms with E-state index in [1.54, 1.807) is 12.1 Å². The number of halogens is 1. The molecule has 1 aromatic carbocycles. The summed E-state index contributed by atoms with van der Waals surface area (Å²) in [6.45, 7) is 7.89. The van der Waals surface area contributed by atoms with Gasteiger partial charge in [0.1, 0.15) is 5.82 Å². The minimum absolute atomic E-state index is 0.178. The third-order valence-electron chi connectivity index (χ3n) is 4.62. The minimum atomic E-state index is -0.178. The molecule has 0 aliphatic carbocycles. The van der Waals surface area contributed by atoms with E-state index >= 15 is 0 Å². The van der Waals surface area contributed by atoms with E-state index in [0.717, 1.165) is 24.8 Å². The summed E-state index contributed by atoms with van der Waals surface area (Å²) in [4.78, 5) is 5.21. The van der Waals surface area contributed by atoms with Gasteiger partial charge in [-0.05, 0) is 44.5 Å². The normalized spacial score (nSPS) is 27.5. The van der Waals surface area contributed by atoms with Crippen molar-refractivity contribution in [3.8, 4) is 0 Å². The number of rotatable bonds is 4. The molecule has 0 bridgehead atoms. The van der Waals surface area contributed by atoms with Gasteiger partial charge in [-0.2, -0.15) is 0 Å². The third kappa shape index (κ3) is 3.13. The zero-order valence-corrected chi connectivity index (χ0v) is 12.2. The predicted octanol–water partition coefficient (Wildman–Crippen LogP) is 2.41. The van der Waals surface area contributed by atoms with Gasteiger partial charge < -0.3 is 5.32 Å². The maximum absolute atomic E-state index is 13.1. The third-order valence-corrected chi connectivity index (χ3v) is 4.62. The predicted molar refractivity (Wildman–Crippen MR) is 80.5 cm³/mol. The van der Waals surface area contributed by atoms with E-state index in [1.165, 1.54) is 38.5 Å². The summed E-state index contributed by atoms with van der Waals surface area (Å²) >= 11 is 0. The van der Waals surface area contributed by atoms with E-state index in [2.05, 4.69) is 22.0 Å². The van der Waals surface area contributed by atoms with Crippen molar-refractivity contribution in [3.63, 3.8) is 0 Å². The fourth-order valence-corrected chi connectivity index (χ4v) is 3.50. The number of benzene rings is 1. The average Bonchev–Trinajstić information content (AvgIpc) is 2.86. The number of nitrogens with one attached hydrogen (secondary N) is 1. The van der Waals surface area contributed by atoms with Gasteiger partial charge in [-0.15, -0.1) is 0 Å². The largest absolute Gasteiger partial charge is 0.384 e. The Hall–Kier alpha value is -1.13. The molecule has 20 heavy (non-hydrogen) atoms. The lowest BCUT2D eigenvalue weighted by atomic mass is 10.1. The summed E-state index contributed by atoms with van der Waals surface area (Å²) in [5.74, 6) is -0.178. The van der Waals surface area contributed by atoms with Crippen molar-refractivity contribution < 1.29 is 4.39 Å². The number of fused-ring (bicyclic) bond motifs is 1. The van der Waals surface area contributed by atoms with E-state index in [0.29, 0.717) is 6.04 Å². The highest BCUT2D eigenvalue weighted by molar-refractivity contribution is 5.42. The number of nitrogens with zero attached hydrogens (tertiary/aromatic N) is 2. The van der Waals surface area contributed by atoms with Crippen molar-refractivity contribution in [1.29, 1.82) is 0 Å². The molecule has 0 spiro atoms. The number of piperazine rings is 1. The molecule has 2 aliphatic rings. The molecule has 0 amide bonds. The van der Waals surface area contributed by atoms with Crippen molar-refractivity contribution in [2.24, 2.45) is 0 Å². The Bertz CT molecular complexity index is 451. The Morgan fingerprint density at radius 2 is 2.25 bits per heavy atom. The fraction of sp³-hybridized carbons (Fsp3) is 0.625. The molecule has 3 rings (SSSR count). The zero-order valence-electron chi connectivity index (χ0n) is 12.2. The topological polar surface area (TPSA) is 18.5 Å². The van der Waals surface area contributed by atoms with Crippen LogP contribution in [0.2, 0.25) is 0 Å². The Morgan fingerprint density at radius 1 is 1.35 bits per heavy atom. The van der Waals surface area contributed by atoms with Crippen LogP contribution in [-0.2, 0) is 0 Å². The molecule has 110 valence electrons. The molecular formula is C16H24FN3.